The number of hydrogen-bond acceptors (Lipinski definition) is 2. The fraction of sp³-hybridized carbons (Fsp3) is 0.167. The number of H-pyrrole nitrogens is 1. The number of rotatable bonds is 5. The fourth-order valence-corrected chi connectivity index (χ4v) is 2.75. The zero-order chi connectivity index (χ0) is 16.2. The van der Waals surface area contributed by atoms with Gasteiger partial charge in [-0.2, -0.15) is 0 Å². The Hall–Kier alpha value is -1.97. The summed E-state index contributed by atoms with van der Waals surface area (Å²) in [5.41, 5.74) is 2.74. The lowest BCUT2D eigenvalue weighted by atomic mass is 10.1. The number of aryl methyl sites for hydroxylation is 1. The third-order valence-electron chi connectivity index (χ3n) is 3.63. The molecule has 2 aromatic carbocycles. The van der Waals surface area contributed by atoms with Gasteiger partial charge in [0.2, 0.25) is 0 Å². The van der Waals surface area contributed by atoms with Crippen LogP contribution in [0.4, 0.5) is 0 Å². The highest BCUT2D eigenvalue weighted by Gasteiger charge is 2.08. The number of nitrogens with one attached hydrogen (secondary N) is 1. The van der Waals surface area contributed by atoms with E-state index in [2.05, 4.69) is 4.98 Å². The van der Waals surface area contributed by atoms with Gasteiger partial charge in [0.1, 0.15) is 0 Å². The van der Waals surface area contributed by atoms with Crippen molar-refractivity contribution in [2.75, 3.05) is 6.61 Å². The molecule has 0 spiro atoms. The van der Waals surface area contributed by atoms with Crippen LogP contribution >= 0.6 is 23.2 Å². The Balaban J connectivity index is 1.54. The van der Waals surface area contributed by atoms with Crippen molar-refractivity contribution in [2.45, 2.75) is 12.8 Å². The summed E-state index contributed by atoms with van der Waals surface area (Å²) in [7, 11) is 0. The molecule has 0 radical (unpaired) electrons. The van der Waals surface area contributed by atoms with E-state index >= 15 is 0 Å². The molecule has 3 nitrogen and oxygen atoms in total. The Morgan fingerprint density at radius 3 is 2.57 bits per heavy atom. The van der Waals surface area contributed by atoms with Crippen molar-refractivity contribution in [1.29, 1.82) is 0 Å². The topological polar surface area (TPSA) is 42.1 Å². The Labute approximate surface area is 144 Å². The second kappa shape index (κ2) is 7.07. The number of benzene rings is 2. The minimum absolute atomic E-state index is 0.330. The molecule has 118 valence electrons. The highest BCUT2D eigenvalue weighted by atomic mass is 35.5. The third kappa shape index (κ3) is 3.87. The van der Waals surface area contributed by atoms with Crippen molar-refractivity contribution >= 4 is 40.1 Å². The standard InChI is InChI=1S/C18H15Cl2NO2/c19-14-5-3-12(4-6-14)18(22)23-9-1-2-13-11-21-17-8-7-15(20)10-16(13)17/h3-8,10-11,21H,1-2,9H2. The van der Waals surface area contributed by atoms with Crippen LogP contribution in [-0.2, 0) is 11.2 Å². The molecule has 0 aliphatic carbocycles. The Kier molecular flexibility index (Phi) is 4.89. The zero-order valence-electron chi connectivity index (χ0n) is 12.3. The van der Waals surface area contributed by atoms with Crippen LogP contribution in [0.3, 0.4) is 0 Å². The van der Waals surface area contributed by atoms with Crippen molar-refractivity contribution in [3.63, 3.8) is 0 Å². The molecule has 0 bridgehead atoms. The number of aromatic amines is 1. The largest absolute Gasteiger partial charge is 0.462 e. The van der Waals surface area contributed by atoms with Crippen molar-refractivity contribution in [1.82, 2.24) is 4.98 Å². The van der Waals surface area contributed by atoms with Gasteiger partial charge in [0.25, 0.3) is 0 Å². The van der Waals surface area contributed by atoms with E-state index in [9.17, 15) is 4.79 Å². The second-order valence-electron chi connectivity index (χ2n) is 5.25. The number of fused-ring (bicyclic) bond motifs is 1. The summed E-state index contributed by atoms with van der Waals surface area (Å²) < 4.78 is 5.28. The average Bonchev–Trinajstić information content (AvgIpc) is 2.94. The molecule has 0 fully saturated rings. The van der Waals surface area contributed by atoms with Crippen LogP contribution < -0.4 is 0 Å². The van der Waals surface area contributed by atoms with Gasteiger partial charge >= 0.3 is 5.97 Å². The van der Waals surface area contributed by atoms with Crippen LogP contribution in [0.5, 0.6) is 0 Å². The molecule has 0 aliphatic heterocycles. The Morgan fingerprint density at radius 2 is 1.78 bits per heavy atom. The van der Waals surface area contributed by atoms with Crippen LogP contribution in [0.1, 0.15) is 22.3 Å². The van der Waals surface area contributed by atoms with Crippen LogP contribution in [0.15, 0.2) is 48.7 Å². The number of esters is 1. The maximum absolute atomic E-state index is 11.9. The SMILES string of the molecule is O=C(OCCCc1c[nH]c2ccc(Cl)cc12)c1ccc(Cl)cc1. The molecular formula is C18H15Cl2NO2. The van der Waals surface area contributed by atoms with Crippen LogP contribution in [0, 0.1) is 0 Å². The molecule has 1 aromatic heterocycles. The Bertz CT molecular complexity index is 825. The predicted molar refractivity (Wildman–Crippen MR) is 93.4 cm³/mol. The second-order valence-corrected chi connectivity index (χ2v) is 6.12. The molecule has 0 unspecified atom stereocenters. The van der Waals surface area contributed by atoms with Gasteiger partial charge in [-0.3, -0.25) is 0 Å². The lowest BCUT2D eigenvalue weighted by Crippen LogP contribution is -2.06. The van der Waals surface area contributed by atoms with Crippen molar-refractivity contribution in [2.24, 2.45) is 0 Å². The van der Waals surface area contributed by atoms with E-state index in [0.29, 0.717) is 22.2 Å². The Morgan fingerprint density at radius 1 is 1.04 bits per heavy atom. The fourth-order valence-electron chi connectivity index (χ4n) is 2.45. The van der Waals surface area contributed by atoms with Gasteiger partial charge in [-0.25, -0.2) is 4.79 Å². The van der Waals surface area contributed by atoms with E-state index < -0.39 is 0 Å². The number of carbonyl (C=O) groups excluding carboxylic acids is 1. The first kappa shape index (κ1) is 15.9. The molecule has 0 saturated heterocycles. The number of ether oxygens (including phenoxy) is 1. The molecule has 3 rings (SSSR count). The third-order valence-corrected chi connectivity index (χ3v) is 4.12. The van der Waals surface area contributed by atoms with Crippen LogP contribution in [-0.4, -0.2) is 17.6 Å². The van der Waals surface area contributed by atoms with E-state index in [1.54, 1.807) is 24.3 Å². The number of carbonyl (C=O) groups is 1. The van der Waals surface area contributed by atoms with Gasteiger partial charge < -0.3 is 9.72 Å². The molecule has 0 atom stereocenters. The number of halogens is 2. The minimum atomic E-state index is -0.330. The van der Waals surface area contributed by atoms with Crippen molar-refractivity contribution in [3.05, 3.63) is 69.8 Å². The predicted octanol–water partition coefficient (Wildman–Crippen LogP) is 5.26. The van der Waals surface area contributed by atoms with E-state index in [4.69, 9.17) is 27.9 Å². The molecule has 1 heterocycles. The maximum Gasteiger partial charge on any atom is 0.338 e. The quantitative estimate of drug-likeness (QED) is 0.504. The van der Waals surface area contributed by atoms with Gasteiger partial charge in [0.15, 0.2) is 0 Å². The zero-order valence-corrected chi connectivity index (χ0v) is 13.8. The first-order valence-electron chi connectivity index (χ1n) is 7.32. The average molecular weight is 348 g/mol. The van der Waals surface area contributed by atoms with Gasteiger partial charge in [-0.1, -0.05) is 23.2 Å². The monoisotopic (exact) mass is 347 g/mol. The first-order valence-corrected chi connectivity index (χ1v) is 8.07. The summed E-state index contributed by atoms with van der Waals surface area (Å²) in [6.07, 6.45) is 3.54. The van der Waals surface area contributed by atoms with E-state index in [-0.39, 0.29) is 5.97 Å². The van der Waals surface area contributed by atoms with Gasteiger partial charge in [0.05, 0.1) is 12.2 Å². The summed E-state index contributed by atoms with van der Waals surface area (Å²) >= 11 is 11.8. The van der Waals surface area contributed by atoms with Gasteiger partial charge in [-0.05, 0) is 60.9 Å². The molecule has 3 aromatic rings. The molecule has 5 heteroatoms. The lowest BCUT2D eigenvalue weighted by molar-refractivity contribution is 0.0501. The maximum atomic E-state index is 11.9. The number of hydrogen-bond donors (Lipinski definition) is 1. The van der Waals surface area contributed by atoms with E-state index in [1.165, 1.54) is 5.56 Å². The highest BCUT2D eigenvalue weighted by Crippen LogP contribution is 2.23. The van der Waals surface area contributed by atoms with Crippen molar-refractivity contribution < 1.29 is 9.53 Å². The summed E-state index contributed by atoms with van der Waals surface area (Å²) in [5.74, 6) is -0.330. The smallest absolute Gasteiger partial charge is 0.338 e. The molecule has 23 heavy (non-hydrogen) atoms. The normalized spacial score (nSPS) is 10.9. The van der Waals surface area contributed by atoms with E-state index in [0.717, 1.165) is 23.7 Å². The van der Waals surface area contributed by atoms with Crippen LogP contribution in [0.25, 0.3) is 10.9 Å². The molecular weight excluding hydrogens is 333 g/mol. The molecule has 0 amide bonds. The summed E-state index contributed by atoms with van der Waals surface area (Å²) in [6.45, 7) is 0.370. The summed E-state index contributed by atoms with van der Waals surface area (Å²) in [4.78, 5) is 15.1. The summed E-state index contributed by atoms with van der Waals surface area (Å²) in [5, 5.41) is 2.42. The minimum Gasteiger partial charge on any atom is -0.462 e. The first-order chi connectivity index (χ1) is 11.1. The van der Waals surface area contributed by atoms with Crippen molar-refractivity contribution in [3.8, 4) is 0 Å². The summed E-state index contributed by atoms with van der Waals surface area (Å²) in [6, 6.07) is 12.4. The van der Waals surface area contributed by atoms with Gasteiger partial charge in [-0.15, -0.1) is 0 Å². The van der Waals surface area contributed by atoms with E-state index in [1.807, 2.05) is 24.4 Å². The molecule has 0 aliphatic rings. The highest BCUT2D eigenvalue weighted by molar-refractivity contribution is 6.31. The van der Waals surface area contributed by atoms with Gasteiger partial charge in [0, 0.05) is 27.1 Å². The molecule has 1 N–H and O–H groups in total. The lowest BCUT2D eigenvalue weighted by Gasteiger charge is -2.05. The molecule has 0 saturated carbocycles. The van der Waals surface area contributed by atoms with Crippen LogP contribution in [0.2, 0.25) is 10.0 Å². The number of aromatic nitrogens is 1.